The second-order valence-electron chi connectivity index (χ2n) is 6.78. The first-order valence-electron chi connectivity index (χ1n) is 9.06. The highest BCUT2D eigenvalue weighted by Gasteiger charge is 2.13. The van der Waals surface area contributed by atoms with Gasteiger partial charge in [0.25, 0.3) is 0 Å². The second kappa shape index (κ2) is 7.11. The third-order valence-corrected chi connectivity index (χ3v) is 4.50. The Morgan fingerprint density at radius 1 is 1.11 bits per heavy atom. The molecule has 0 amide bonds. The van der Waals surface area contributed by atoms with Crippen molar-refractivity contribution in [3.8, 4) is 0 Å². The van der Waals surface area contributed by atoms with E-state index in [-0.39, 0.29) is 0 Å². The lowest BCUT2D eigenvalue weighted by atomic mass is 10.2. The van der Waals surface area contributed by atoms with Crippen LogP contribution in [0.4, 0.5) is 17.5 Å². The summed E-state index contributed by atoms with van der Waals surface area (Å²) in [5.74, 6) is 1.33. The highest BCUT2D eigenvalue weighted by Crippen LogP contribution is 2.25. The summed E-state index contributed by atoms with van der Waals surface area (Å²) in [7, 11) is 0. The summed E-state index contributed by atoms with van der Waals surface area (Å²) in [4.78, 5) is 12.4. The fourth-order valence-electron chi connectivity index (χ4n) is 3.10. The van der Waals surface area contributed by atoms with Gasteiger partial charge >= 0.3 is 0 Å². The van der Waals surface area contributed by atoms with Crippen LogP contribution in [0, 0.1) is 6.92 Å². The zero-order chi connectivity index (χ0) is 18.8. The Balaban J connectivity index is 1.62. The van der Waals surface area contributed by atoms with Crippen molar-refractivity contribution in [1.82, 2.24) is 24.7 Å². The number of nitrogens with zero attached hydrogens (tertiary/aromatic N) is 4. The normalized spacial score (nSPS) is 11.3. The van der Waals surface area contributed by atoms with E-state index in [2.05, 4.69) is 56.7 Å². The van der Waals surface area contributed by atoms with E-state index in [1.165, 1.54) is 5.56 Å². The van der Waals surface area contributed by atoms with Gasteiger partial charge in [-0.25, -0.2) is 0 Å². The van der Waals surface area contributed by atoms with Crippen molar-refractivity contribution in [3.05, 3.63) is 60.0 Å². The van der Waals surface area contributed by atoms with E-state index < -0.39 is 0 Å². The van der Waals surface area contributed by atoms with Crippen LogP contribution in [0.1, 0.15) is 31.1 Å². The quantitative estimate of drug-likeness (QED) is 0.474. The Kier molecular flexibility index (Phi) is 4.50. The maximum atomic E-state index is 4.69. The highest BCUT2D eigenvalue weighted by molar-refractivity contribution is 5.88. The van der Waals surface area contributed by atoms with E-state index >= 15 is 0 Å². The molecule has 1 aromatic carbocycles. The third kappa shape index (κ3) is 3.48. The minimum absolute atomic E-state index is 0.301. The summed E-state index contributed by atoms with van der Waals surface area (Å²) in [5, 5.41) is 12.1. The molecule has 0 bridgehead atoms. The third-order valence-electron chi connectivity index (χ3n) is 4.50. The molecule has 0 aliphatic carbocycles. The van der Waals surface area contributed by atoms with Gasteiger partial charge in [-0.1, -0.05) is 30.3 Å². The maximum Gasteiger partial charge on any atom is 0.231 e. The van der Waals surface area contributed by atoms with Crippen molar-refractivity contribution in [2.75, 3.05) is 10.6 Å². The van der Waals surface area contributed by atoms with Gasteiger partial charge in [0.2, 0.25) is 5.95 Å². The fraction of sp³-hybridized carbons (Fsp3) is 0.250. The Hall–Kier alpha value is -3.35. The molecule has 0 saturated carbocycles. The fourth-order valence-corrected chi connectivity index (χ4v) is 3.10. The number of anilines is 3. The summed E-state index contributed by atoms with van der Waals surface area (Å²) in [6.45, 7) is 6.95. The standard InChI is InChI=1S/C20H23N7/c1-13(2)27-14(3)17(12-23-27)24-20-25-18-16(9-10-21-18)19(26-20)22-11-15-7-5-4-6-8-15/h4-10,12-13H,11H2,1-3H3,(H3,21,22,24,25,26). The summed E-state index contributed by atoms with van der Waals surface area (Å²) < 4.78 is 1.98. The van der Waals surface area contributed by atoms with E-state index in [9.17, 15) is 0 Å². The zero-order valence-corrected chi connectivity index (χ0v) is 15.7. The monoisotopic (exact) mass is 361 g/mol. The Bertz CT molecular complexity index is 1050. The van der Waals surface area contributed by atoms with Crippen molar-refractivity contribution in [2.24, 2.45) is 0 Å². The van der Waals surface area contributed by atoms with Gasteiger partial charge in [0, 0.05) is 18.8 Å². The maximum absolute atomic E-state index is 4.69. The van der Waals surface area contributed by atoms with Crippen molar-refractivity contribution < 1.29 is 0 Å². The first-order valence-corrected chi connectivity index (χ1v) is 9.06. The molecule has 0 unspecified atom stereocenters. The first kappa shape index (κ1) is 17.1. The molecule has 7 nitrogen and oxygen atoms in total. The molecule has 0 atom stereocenters. The number of aromatic amines is 1. The lowest BCUT2D eigenvalue weighted by Crippen LogP contribution is -2.07. The number of benzene rings is 1. The van der Waals surface area contributed by atoms with Crippen molar-refractivity contribution >= 4 is 28.5 Å². The molecular weight excluding hydrogens is 338 g/mol. The molecule has 138 valence electrons. The average Bonchev–Trinajstić information content (AvgIpc) is 3.28. The van der Waals surface area contributed by atoms with Gasteiger partial charge in [0.1, 0.15) is 11.5 Å². The largest absolute Gasteiger partial charge is 0.365 e. The number of hydrogen-bond donors (Lipinski definition) is 3. The lowest BCUT2D eigenvalue weighted by molar-refractivity contribution is 0.519. The van der Waals surface area contributed by atoms with Crippen LogP contribution in [-0.2, 0) is 6.54 Å². The van der Waals surface area contributed by atoms with Crippen LogP contribution < -0.4 is 10.6 Å². The molecule has 0 radical (unpaired) electrons. The van der Waals surface area contributed by atoms with E-state index in [1.54, 1.807) is 0 Å². The molecule has 4 rings (SSSR count). The van der Waals surface area contributed by atoms with E-state index in [1.807, 2.05) is 48.3 Å². The van der Waals surface area contributed by atoms with Gasteiger partial charge in [-0.3, -0.25) is 4.68 Å². The molecule has 4 aromatic rings. The van der Waals surface area contributed by atoms with Gasteiger partial charge in [-0.05, 0) is 32.4 Å². The van der Waals surface area contributed by atoms with Crippen LogP contribution in [0.25, 0.3) is 11.0 Å². The van der Waals surface area contributed by atoms with Gasteiger partial charge in [-0.2, -0.15) is 15.1 Å². The molecule has 0 saturated heterocycles. The minimum Gasteiger partial charge on any atom is -0.365 e. The predicted molar refractivity (Wildman–Crippen MR) is 108 cm³/mol. The van der Waals surface area contributed by atoms with E-state index in [0.29, 0.717) is 18.5 Å². The number of fused-ring (bicyclic) bond motifs is 1. The number of aromatic nitrogens is 5. The molecule has 27 heavy (non-hydrogen) atoms. The van der Waals surface area contributed by atoms with Crippen LogP contribution in [-0.4, -0.2) is 24.7 Å². The van der Waals surface area contributed by atoms with Gasteiger partial charge < -0.3 is 15.6 Å². The van der Waals surface area contributed by atoms with Crippen molar-refractivity contribution in [3.63, 3.8) is 0 Å². The minimum atomic E-state index is 0.301. The lowest BCUT2D eigenvalue weighted by Gasteiger charge is -2.11. The molecule has 3 aromatic heterocycles. The Morgan fingerprint density at radius 2 is 1.93 bits per heavy atom. The zero-order valence-electron chi connectivity index (χ0n) is 15.7. The Morgan fingerprint density at radius 3 is 2.67 bits per heavy atom. The van der Waals surface area contributed by atoms with Crippen molar-refractivity contribution in [2.45, 2.75) is 33.4 Å². The number of H-pyrrole nitrogens is 1. The molecule has 3 heterocycles. The van der Waals surface area contributed by atoms with Crippen LogP contribution in [0.15, 0.2) is 48.8 Å². The molecule has 3 N–H and O–H groups in total. The van der Waals surface area contributed by atoms with E-state index in [0.717, 1.165) is 28.2 Å². The Labute approximate surface area is 157 Å². The summed E-state index contributed by atoms with van der Waals surface area (Å²) in [6.07, 6.45) is 3.69. The van der Waals surface area contributed by atoms with Gasteiger partial charge in [0.15, 0.2) is 0 Å². The van der Waals surface area contributed by atoms with Gasteiger partial charge in [0.05, 0.1) is 23.0 Å². The molecule has 0 aliphatic rings. The summed E-state index contributed by atoms with van der Waals surface area (Å²) in [5.41, 5.74) is 3.95. The summed E-state index contributed by atoms with van der Waals surface area (Å²) >= 11 is 0. The number of rotatable bonds is 6. The molecule has 7 heteroatoms. The van der Waals surface area contributed by atoms with Crippen LogP contribution in [0.2, 0.25) is 0 Å². The molecule has 0 spiro atoms. The number of hydrogen-bond acceptors (Lipinski definition) is 5. The summed E-state index contributed by atoms with van der Waals surface area (Å²) in [6, 6.07) is 12.5. The van der Waals surface area contributed by atoms with Gasteiger partial charge in [-0.15, -0.1) is 0 Å². The molecule has 0 aliphatic heterocycles. The van der Waals surface area contributed by atoms with Crippen molar-refractivity contribution in [1.29, 1.82) is 0 Å². The smallest absolute Gasteiger partial charge is 0.231 e. The average molecular weight is 361 g/mol. The van der Waals surface area contributed by atoms with Crippen LogP contribution in [0.3, 0.4) is 0 Å². The highest BCUT2D eigenvalue weighted by atomic mass is 15.3. The predicted octanol–water partition coefficient (Wildman–Crippen LogP) is 4.40. The molecule has 0 fully saturated rings. The first-order chi connectivity index (χ1) is 13.1. The van der Waals surface area contributed by atoms with Crippen LogP contribution >= 0.6 is 0 Å². The van der Waals surface area contributed by atoms with Crippen LogP contribution in [0.5, 0.6) is 0 Å². The topological polar surface area (TPSA) is 83.4 Å². The molecular formula is C20H23N7. The second-order valence-corrected chi connectivity index (χ2v) is 6.78. The van der Waals surface area contributed by atoms with E-state index in [4.69, 9.17) is 0 Å². The SMILES string of the molecule is Cc1c(Nc2nc(NCc3ccccc3)c3cc[nH]c3n2)cnn1C(C)C. The number of nitrogens with one attached hydrogen (secondary N) is 3.